The van der Waals surface area contributed by atoms with Gasteiger partial charge in [-0.25, -0.2) is 4.79 Å². The Morgan fingerprint density at radius 2 is 1.81 bits per heavy atom. The molecule has 1 aromatic carbocycles. The van der Waals surface area contributed by atoms with Crippen LogP contribution in [-0.4, -0.2) is 56.6 Å². The van der Waals surface area contributed by atoms with Gasteiger partial charge in [0.1, 0.15) is 11.5 Å². The number of methoxy groups -OCH3 is 2. The van der Waals surface area contributed by atoms with E-state index in [2.05, 4.69) is 16.0 Å². The Morgan fingerprint density at radius 3 is 2.41 bits per heavy atom. The maximum absolute atomic E-state index is 13.1. The molecule has 0 unspecified atom stereocenters. The monoisotopic (exact) mass is 374 g/mol. The second-order valence-electron chi connectivity index (χ2n) is 6.29. The lowest BCUT2D eigenvalue weighted by Crippen LogP contribution is -2.53. The summed E-state index contributed by atoms with van der Waals surface area (Å²) in [4.78, 5) is 38.3. The Morgan fingerprint density at radius 1 is 1.15 bits per heavy atom. The van der Waals surface area contributed by atoms with E-state index in [9.17, 15) is 14.4 Å². The van der Waals surface area contributed by atoms with Crippen molar-refractivity contribution in [2.24, 2.45) is 0 Å². The third-order valence-electron chi connectivity index (χ3n) is 4.53. The Labute approximate surface area is 156 Å². The van der Waals surface area contributed by atoms with Crippen LogP contribution < -0.4 is 25.4 Å². The Balaban J connectivity index is 2.02. The third kappa shape index (κ3) is 3.81. The number of urea groups is 1. The minimum Gasteiger partial charge on any atom is -0.497 e. The van der Waals surface area contributed by atoms with Gasteiger partial charge in [0.25, 0.3) is 5.91 Å². The van der Waals surface area contributed by atoms with Crippen molar-refractivity contribution in [1.29, 1.82) is 0 Å². The molecule has 3 N–H and O–H groups in total. The Kier molecular flexibility index (Phi) is 5.20. The molecule has 0 bridgehead atoms. The fourth-order valence-electron chi connectivity index (χ4n) is 3.21. The van der Waals surface area contributed by atoms with Crippen LogP contribution in [0.15, 0.2) is 29.5 Å². The quantitative estimate of drug-likeness (QED) is 0.702. The van der Waals surface area contributed by atoms with Gasteiger partial charge in [-0.2, -0.15) is 0 Å². The van der Waals surface area contributed by atoms with Crippen LogP contribution in [0, 0.1) is 0 Å². The molecule has 1 fully saturated rings. The number of piperazine rings is 1. The predicted molar refractivity (Wildman–Crippen MR) is 96.2 cm³/mol. The zero-order valence-electron chi connectivity index (χ0n) is 15.4. The van der Waals surface area contributed by atoms with Gasteiger partial charge in [-0.1, -0.05) is 0 Å². The minimum absolute atomic E-state index is 0.0162. The average molecular weight is 374 g/mol. The second kappa shape index (κ2) is 7.56. The van der Waals surface area contributed by atoms with Gasteiger partial charge >= 0.3 is 6.03 Å². The predicted octanol–water partition coefficient (Wildman–Crippen LogP) is 0.290. The molecule has 27 heavy (non-hydrogen) atoms. The summed E-state index contributed by atoms with van der Waals surface area (Å²) in [6, 6.07) is 4.08. The molecule has 0 aliphatic carbocycles. The Bertz CT molecular complexity index is 798. The van der Waals surface area contributed by atoms with E-state index in [1.165, 1.54) is 19.1 Å². The summed E-state index contributed by atoms with van der Waals surface area (Å²) in [5.41, 5.74) is 1.46. The smallest absolute Gasteiger partial charge is 0.319 e. The summed E-state index contributed by atoms with van der Waals surface area (Å²) in [5, 5.41) is 8.11. The highest BCUT2D eigenvalue weighted by atomic mass is 16.5. The SMILES string of the molecule is COc1cc(OC)cc([C@@H]2NC(=O)NC(C)=C2C(=O)N2CCNC(=O)C2)c1. The lowest BCUT2D eigenvalue weighted by molar-refractivity contribution is -0.135. The van der Waals surface area contributed by atoms with E-state index < -0.39 is 12.1 Å². The number of ether oxygens (including phenoxy) is 2. The lowest BCUT2D eigenvalue weighted by Gasteiger charge is -2.34. The van der Waals surface area contributed by atoms with Gasteiger partial charge in [-0.15, -0.1) is 0 Å². The van der Waals surface area contributed by atoms with Crippen molar-refractivity contribution >= 4 is 17.8 Å². The van der Waals surface area contributed by atoms with Crippen LogP contribution in [0.3, 0.4) is 0 Å². The summed E-state index contributed by atoms with van der Waals surface area (Å²) in [6.45, 7) is 2.45. The Hall–Kier alpha value is -3.23. The maximum Gasteiger partial charge on any atom is 0.319 e. The first-order chi connectivity index (χ1) is 12.9. The van der Waals surface area contributed by atoms with Crippen molar-refractivity contribution in [2.45, 2.75) is 13.0 Å². The topological polar surface area (TPSA) is 109 Å². The van der Waals surface area contributed by atoms with Crippen molar-refractivity contribution in [3.63, 3.8) is 0 Å². The molecule has 2 heterocycles. The maximum atomic E-state index is 13.1. The van der Waals surface area contributed by atoms with Gasteiger partial charge < -0.3 is 30.3 Å². The second-order valence-corrected chi connectivity index (χ2v) is 6.29. The third-order valence-corrected chi connectivity index (χ3v) is 4.53. The molecule has 2 aliphatic rings. The first-order valence-electron chi connectivity index (χ1n) is 8.50. The summed E-state index contributed by atoms with van der Waals surface area (Å²) >= 11 is 0. The number of carbonyl (C=O) groups is 3. The highest BCUT2D eigenvalue weighted by Crippen LogP contribution is 2.33. The number of hydrogen-bond acceptors (Lipinski definition) is 5. The molecule has 3 rings (SSSR count). The van der Waals surface area contributed by atoms with Crippen LogP contribution in [0.2, 0.25) is 0 Å². The van der Waals surface area contributed by atoms with Crippen LogP contribution in [-0.2, 0) is 9.59 Å². The molecule has 144 valence electrons. The van der Waals surface area contributed by atoms with E-state index in [1.807, 2.05) is 0 Å². The number of benzene rings is 1. The van der Waals surface area contributed by atoms with Crippen LogP contribution in [0.4, 0.5) is 4.79 Å². The van der Waals surface area contributed by atoms with E-state index in [-0.39, 0.29) is 18.4 Å². The van der Waals surface area contributed by atoms with Gasteiger partial charge in [-0.05, 0) is 24.6 Å². The van der Waals surface area contributed by atoms with Gasteiger partial charge in [0.15, 0.2) is 0 Å². The number of rotatable bonds is 4. The molecule has 2 aliphatic heterocycles. The zero-order valence-corrected chi connectivity index (χ0v) is 15.4. The van der Waals surface area contributed by atoms with Crippen molar-refractivity contribution in [2.75, 3.05) is 33.9 Å². The van der Waals surface area contributed by atoms with Crippen LogP contribution >= 0.6 is 0 Å². The van der Waals surface area contributed by atoms with E-state index in [1.54, 1.807) is 25.1 Å². The molecule has 0 radical (unpaired) electrons. The van der Waals surface area contributed by atoms with Gasteiger partial charge in [0.05, 0.1) is 32.4 Å². The van der Waals surface area contributed by atoms with Gasteiger partial charge in [-0.3, -0.25) is 9.59 Å². The zero-order chi connectivity index (χ0) is 19.6. The molecule has 1 aromatic rings. The van der Waals surface area contributed by atoms with Gasteiger partial charge in [0, 0.05) is 24.9 Å². The molecule has 4 amide bonds. The fourth-order valence-corrected chi connectivity index (χ4v) is 3.21. The number of nitrogens with one attached hydrogen (secondary N) is 3. The molecule has 1 saturated heterocycles. The number of allylic oxidation sites excluding steroid dienone is 1. The molecular formula is C18H22N4O5. The lowest BCUT2D eigenvalue weighted by atomic mass is 9.94. The van der Waals surface area contributed by atoms with Crippen LogP contribution in [0.5, 0.6) is 11.5 Å². The largest absolute Gasteiger partial charge is 0.497 e. The number of nitrogens with zero attached hydrogens (tertiary/aromatic N) is 1. The molecule has 0 spiro atoms. The minimum atomic E-state index is -0.694. The number of hydrogen-bond donors (Lipinski definition) is 3. The average Bonchev–Trinajstić information content (AvgIpc) is 2.66. The first kappa shape index (κ1) is 18.6. The molecular weight excluding hydrogens is 352 g/mol. The number of carbonyl (C=O) groups excluding carboxylic acids is 3. The number of amides is 4. The van der Waals surface area contributed by atoms with E-state index in [4.69, 9.17) is 9.47 Å². The van der Waals surface area contributed by atoms with E-state index >= 15 is 0 Å². The summed E-state index contributed by atoms with van der Waals surface area (Å²) < 4.78 is 10.6. The molecule has 1 atom stereocenters. The fraction of sp³-hybridized carbons (Fsp3) is 0.389. The summed E-state index contributed by atoms with van der Waals surface area (Å²) in [7, 11) is 3.05. The molecule has 0 saturated carbocycles. The summed E-state index contributed by atoms with van der Waals surface area (Å²) in [6.07, 6.45) is 0. The highest BCUT2D eigenvalue weighted by molar-refractivity contribution is 6.00. The van der Waals surface area contributed by atoms with E-state index in [0.29, 0.717) is 41.4 Å². The van der Waals surface area contributed by atoms with Gasteiger partial charge in [0.2, 0.25) is 5.91 Å². The normalized spacial score (nSPS) is 19.8. The molecule has 9 heteroatoms. The van der Waals surface area contributed by atoms with Crippen molar-refractivity contribution in [3.8, 4) is 11.5 Å². The molecule has 9 nitrogen and oxygen atoms in total. The van der Waals surface area contributed by atoms with Crippen molar-refractivity contribution in [3.05, 3.63) is 35.0 Å². The highest BCUT2D eigenvalue weighted by Gasteiger charge is 2.35. The van der Waals surface area contributed by atoms with E-state index in [0.717, 1.165) is 0 Å². The van der Waals surface area contributed by atoms with Crippen molar-refractivity contribution in [1.82, 2.24) is 20.9 Å². The summed E-state index contributed by atoms with van der Waals surface area (Å²) in [5.74, 6) is 0.569. The standard InChI is InChI=1S/C18H22N4O5/c1-10-15(17(24)22-5-4-19-14(23)9-22)16(21-18(25)20-10)11-6-12(26-2)8-13(7-11)27-3/h6-8,16H,4-5,9H2,1-3H3,(H,19,23)(H2,20,21,25)/t16-/m0/s1. The first-order valence-corrected chi connectivity index (χ1v) is 8.50. The van der Waals surface area contributed by atoms with Crippen molar-refractivity contribution < 1.29 is 23.9 Å². The molecule has 0 aromatic heterocycles. The van der Waals surface area contributed by atoms with Crippen LogP contribution in [0.1, 0.15) is 18.5 Å². The van der Waals surface area contributed by atoms with Crippen LogP contribution in [0.25, 0.3) is 0 Å².